The van der Waals surface area contributed by atoms with Gasteiger partial charge in [0.15, 0.2) is 0 Å². The van der Waals surface area contributed by atoms with Crippen LogP contribution in [0.4, 0.5) is 0 Å². The third-order valence-electron chi connectivity index (χ3n) is 3.04. The highest BCUT2D eigenvalue weighted by Crippen LogP contribution is 2.33. The van der Waals surface area contributed by atoms with Crippen LogP contribution < -0.4 is 5.73 Å². The maximum absolute atomic E-state index is 6.51. The van der Waals surface area contributed by atoms with Crippen molar-refractivity contribution in [3.05, 3.63) is 42.2 Å². The van der Waals surface area contributed by atoms with Crippen LogP contribution in [0.15, 0.2) is 36.5 Å². The van der Waals surface area contributed by atoms with E-state index in [1.807, 2.05) is 43.5 Å². The summed E-state index contributed by atoms with van der Waals surface area (Å²) in [5.74, 6) is 0.852. The van der Waals surface area contributed by atoms with Crippen LogP contribution in [0.1, 0.15) is 25.5 Å². The predicted octanol–water partition coefficient (Wildman–Crippen LogP) is 3.27. The number of hydrogen-bond donors (Lipinski definition) is 2. The molecule has 2 rings (SSSR count). The Kier molecular flexibility index (Phi) is 4.04. The molecule has 3 N–H and O–H groups in total. The number of nitrogens with two attached hydrogens (primary N) is 1. The summed E-state index contributed by atoms with van der Waals surface area (Å²) in [4.78, 5) is 7.25. The van der Waals surface area contributed by atoms with Crippen molar-refractivity contribution in [2.45, 2.75) is 24.6 Å². The van der Waals surface area contributed by atoms with Crippen molar-refractivity contribution >= 4 is 11.6 Å². The summed E-state index contributed by atoms with van der Waals surface area (Å²) in [6.07, 6.45) is 3.55. The summed E-state index contributed by atoms with van der Waals surface area (Å²) in [7, 11) is 0. The van der Waals surface area contributed by atoms with Crippen molar-refractivity contribution < 1.29 is 0 Å². The highest BCUT2D eigenvalue weighted by Gasteiger charge is 2.25. The summed E-state index contributed by atoms with van der Waals surface area (Å²) in [5, 5.41) is 0. The Balaban J connectivity index is 2.20. The largest absolute Gasteiger partial charge is 0.340 e. The molecule has 2 aromatic rings. The lowest BCUT2D eigenvalue weighted by atomic mass is 10.0. The molecular weight excluding hydrogens is 246 g/mol. The van der Waals surface area contributed by atoms with Gasteiger partial charge in [-0.1, -0.05) is 30.3 Å². The summed E-state index contributed by atoms with van der Waals surface area (Å²) in [5.41, 5.74) is 7.53. The van der Waals surface area contributed by atoms with Crippen molar-refractivity contribution in [3.63, 3.8) is 0 Å². The fraction of sp³-hybridized carbons (Fsp3) is 0.357. The van der Waals surface area contributed by atoms with Crippen LogP contribution in [0.5, 0.6) is 0 Å². The Labute approximate surface area is 112 Å². The fourth-order valence-corrected chi connectivity index (χ4v) is 2.13. The predicted molar refractivity (Wildman–Crippen MR) is 75.5 cm³/mol. The first-order chi connectivity index (χ1) is 8.63. The molecule has 0 aliphatic rings. The normalized spacial score (nSPS) is 14.4. The maximum Gasteiger partial charge on any atom is 0.137 e. The van der Waals surface area contributed by atoms with Crippen LogP contribution in [0, 0.1) is 0 Å². The Hall–Kier alpha value is -1.32. The number of hydrogen-bond acceptors (Lipinski definition) is 2. The molecule has 4 heteroatoms. The topological polar surface area (TPSA) is 54.7 Å². The van der Waals surface area contributed by atoms with Crippen LogP contribution in [-0.2, 0) is 4.87 Å². The molecular formula is C14H18ClN3. The highest BCUT2D eigenvalue weighted by atomic mass is 35.5. The van der Waals surface area contributed by atoms with Crippen LogP contribution in [0.2, 0.25) is 0 Å². The van der Waals surface area contributed by atoms with E-state index in [9.17, 15) is 0 Å². The van der Waals surface area contributed by atoms with E-state index in [-0.39, 0.29) is 0 Å². The zero-order valence-corrected chi connectivity index (χ0v) is 11.2. The molecule has 1 aromatic carbocycles. The Morgan fingerprint density at radius 1 is 1.33 bits per heavy atom. The van der Waals surface area contributed by atoms with Gasteiger partial charge in [0.05, 0.1) is 16.8 Å². The number of nitrogens with zero attached hydrogens (tertiary/aromatic N) is 1. The Bertz CT molecular complexity index is 491. The Morgan fingerprint density at radius 3 is 2.72 bits per heavy atom. The van der Waals surface area contributed by atoms with Crippen molar-refractivity contribution in [1.29, 1.82) is 0 Å². The van der Waals surface area contributed by atoms with E-state index in [0.717, 1.165) is 29.9 Å². The van der Waals surface area contributed by atoms with Gasteiger partial charge >= 0.3 is 0 Å². The zero-order valence-electron chi connectivity index (χ0n) is 10.5. The van der Waals surface area contributed by atoms with E-state index in [1.165, 1.54) is 0 Å². The summed E-state index contributed by atoms with van der Waals surface area (Å²) < 4.78 is 0. The first-order valence-corrected chi connectivity index (χ1v) is 6.51. The lowest BCUT2D eigenvalue weighted by Crippen LogP contribution is -2.16. The van der Waals surface area contributed by atoms with E-state index in [2.05, 4.69) is 9.97 Å². The molecule has 0 saturated heterocycles. The van der Waals surface area contributed by atoms with Gasteiger partial charge in [0, 0.05) is 5.56 Å². The number of alkyl halides is 1. The third-order valence-corrected chi connectivity index (χ3v) is 3.43. The number of aromatic nitrogens is 2. The lowest BCUT2D eigenvalue weighted by Gasteiger charge is -2.19. The monoisotopic (exact) mass is 263 g/mol. The second-order valence-electron chi connectivity index (χ2n) is 4.60. The molecule has 3 nitrogen and oxygen atoms in total. The molecule has 1 aromatic heterocycles. The minimum atomic E-state index is -0.431. The average molecular weight is 264 g/mol. The second kappa shape index (κ2) is 5.55. The van der Waals surface area contributed by atoms with Gasteiger partial charge in [0.2, 0.25) is 0 Å². The smallest absolute Gasteiger partial charge is 0.137 e. The quantitative estimate of drug-likeness (QED) is 0.814. The molecule has 96 valence electrons. The van der Waals surface area contributed by atoms with E-state index < -0.39 is 4.87 Å². The van der Waals surface area contributed by atoms with Gasteiger partial charge in [-0.3, -0.25) is 0 Å². The van der Waals surface area contributed by atoms with Crippen LogP contribution in [0.25, 0.3) is 11.4 Å². The van der Waals surface area contributed by atoms with Crippen molar-refractivity contribution in [3.8, 4) is 11.4 Å². The zero-order chi connectivity index (χ0) is 13.0. The third kappa shape index (κ3) is 2.92. The molecule has 0 aliphatic heterocycles. The van der Waals surface area contributed by atoms with Gasteiger partial charge in [-0.2, -0.15) is 0 Å². The molecule has 1 heterocycles. The number of aromatic amines is 1. The summed E-state index contributed by atoms with van der Waals surface area (Å²) in [6, 6.07) is 10.0. The molecule has 18 heavy (non-hydrogen) atoms. The first kappa shape index (κ1) is 13.1. The van der Waals surface area contributed by atoms with Crippen LogP contribution in [-0.4, -0.2) is 16.5 Å². The van der Waals surface area contributed by atoms with Crippen molar-refractivity contribution in [2.75, 3.05) is 6.54 Å². The molecule has 0 spiro atoms. The second-order valence-corrected chi connectivity index (χ2v) is 5.44. The number of benzene rings is 1. The number of H-pyrrole nitrogens is 1. The van der Waals surface area contributed by atoms with Gasteiger partial charge in [-0.05, 0) is 26.3 Å². The van der Waals surface area contributed by atoms with Gasteiger partial charge in [0.25, 0.3) is 0 Å². The molecule has 0 aliphatic carbocycles. The number of imidazole rings is 1. The first-order valence-electron chi connectivity index (χ1n) is 6.13. The minimum Gasteiger partial charge on any atom is -0.340 e. The SMILES string of the molecule is CC(Cl)(CCCN)c1cnc(-c2ccccc2)[nH]1. The molecule has 1 unspecified atom stereocenters. The molecule has 1 atom stereocenters. The van der Waals surface area contributed by atoms with Gasteiger partial charge in [-0.15, -0.1) is 11.6 Å². The van der Waals surface area contributed by atoms with E-state index in [0.29, 0.717) is 6.54 Å². The van der Waals surface area contributed by atoms with E-state index in [1.54, 1.807) is 0 Å². The minimum absolute atomic E-state index is 0.431. The van der Waals surface area contributed by atoms with Crippen LogP contribution >= 0.6 is 11.6 Å². The van der Waals surface area contributed by atoms with Crippen molar-refractivity contribution in [2.24, 2.45) is 5.73 Å². The molecule has 0 amide bonds. The highest BCUT2D eigenvalue weighted by molar-refractivity contribution is 6.23. The maximum atomic E-state index is 6.51. The average Bonchev–Trinajstić information content (AvgIpc) is 2.88. The summed E-state index contributed by atoms with van der Waals surface area (Å²) >= 11 is 6.51. The number of rotatable bonds is 5. The van der Waals surface area contributed by atoms with Gasteiger partial charge in [-0.25, -0.2) is 4.98 Å². The van der Waals surface area contributed by atoms with Crippen molar-refractivity contribution in [1.82, 2.24) is 9.97 Å². The fourth-order valence-electron chi connectivity index (χ4n) is 1.90. The molecule has 0 radical (unpaired) electrons. The molecule has 0 fully saturated rings. The lowest BCUT2D eigenvalue weighted by molar-refractivity contribution is 0.568. The Morgan fingerprint density at radius 2 is 2.06 bits per heavy atom. The molecule has 0 bridgehead atoms. The van der Waals surface area contributed by atoms with Gasteiger partial charge < -0.3 is 10.7 Å². The molecule has 0 saturated carbocycles. The summed E-state index contributed by atoms with van der Waals surface area (Å²) in [6.45, 7) is 2.65. The van der Waals surface area contributed by atoms with Crippen LogP contribution in [0.3, 0.4) is 0 Å². The van der Waals surface area contributed by atoms with E-state index >= 15 is 0 Å². The van der Waals surface area contributed by atoms with Gasteiger partial charge in [0.1, 0.15) is 5.82 Å². The number of nitrogens with one attached hydrogen (secondary N) is 1. The number of halogens is 1. The van der Waals surface area contributed by atoms with E-state index in [4.69, 9.17) is 17.3 Å². The standard InChI is InChI=1S/C14H18ClN3/c1-14(15,8-5-9-16)12-10-17-13(18-12)11-6-3-2-4-7-11/h2-4,6-7,10H,5,8-9,16H2,1H3,(H,17,18).